The minimum atomic E-state index is 0.762. The largest absolute Gasteiger partial charge is 0.382 e. The van der Waals surface area contributed by atoms with E-state index in [0.29, 0.717) is 0 Å². The molecule has 0 aliphatic carbocycles. The van der Waals surface area contributed by atoms with Gasteiger partial charge in [0, 0.05) is 18.4 Å². The molecule has 0 radical (unpaired) electrons. The molecule has 0 aromatic carbocycles. The average molecular weight is 178 g/mol. The standard InChI is InChI=1S/C11H18N2/c1-6-12-8-10(4)11(5)13-7-9(2)3/h6,8,12-13H,1-2,5,7H2,3-4H3/b10-8-. The van der Waals surface area contributed by atoms with Gasteiger partial charge in [0.15, 0.2) is 0 Å². The number of hydrogen-bond acceptors (Lipinski definition) is 2. The summed E-state index contributed by atoms with van der Waals surface area (Å²) in [7, 11) is 0. The predicted octanol–water partition coefficient (Wildman–Crippen LogP) is 2.30. The SMILES string of the molecule is C=CN/C=C(/C)C(=C)NCC(=C)C. The molecule has 0 heterocycles. The van der Waals surface area contributed by atoms with Crippen LogP contribution in [0.25, 0.3) is 0 Å². The van der Waals surface area contributed by atoms with Crippen molar-refractivity contribution in [3.05, 3.63) is 49.0 Å². The first kappa shape index (κ1) is 11.6. The Morgan fingerprint density at radius 3 is 2.38 bits per heavy atom. The van der Waals surface area contributed by atoms with Crippen molar-refractivity contribution in [2.45, 2.75) is 13.8 Å². The molecule has 0 aliphatic rings. The monoisotopic (exact) mass is 178 g/mol. The fraction of sp³-hybridized carbons (Fsp3) is 0.273. The summed E-state index contributed by atoms with van der Waals surface area (Å²) in [5.41, 5.74) is 3.05. The number of allylic oxidation sites excluding steroid dienone is 1. The molecule has 0 aliphatic heterocycles. The Kier molecular flexibility index (Phi) is 5.44. The predicted molar refractivity (Wildman–Crippen MR) is 59.0 cm³/mol. The summed E-state index contributed by atoms with van der Waals surface area (Å²) in [5, 5.41) is 6.05. The molecule has 0 saturated carbocycles. The molecule has 0 spiro atoms. The molecule has 0 atom stereocenters. The van der Waals surface area contributed by atoms with Gasteiger partial charge in [-0.25, -0.2) is 0 Å². The van der Waals surface area contributed by atoms with Crippen LogP contribution in [0.5, 0.6) is 0 Å². The minimum absolute atomic E-state index is 0.762. The Balaban J connectivity index is 3.95. The summed E-state index contributed by atoms with van der Waals surface area (Å²) in [4.78, 5) is 0. The van der Waals surface area contributed by atoms with Crippen LogP contribution in [0.2, 0.25) is 0 Å². The molecule has 2 N–H and O–H groups in total. The fourth-order valence-electron chi connectivity index (χ4n) is 0.668. The van der Waals surface area contributed by atoms with Crippen molar-refractivity contribution in [3.8, 4) is 0 Å². The van der Waals surface area contributed by atoms with Crippen molar-refractivity contribution in [1.82, 2.24) is 10.6 Å². The topological polar surface area (TPSA) is 24.1 Å². The Morgan fingerprint density at radius 1 is 1.31 bits per heavy atom. The molecule has 0 aromatic rings. The van der Waals surface area contributed by atoms with Gasteiger partial charge in [0.1, 0.15) is 0 Å². The summed E-state index contributed by atoms with van der Waals surface area (Å²) in [6.45, 7) is 15.9. The fourth-order valence-corrected chi connectivity index (χ4v) is 0.668. The molecule has 0 fully saturated rings. The smallest absolute Gasteiger partial charge is 0.0354 e. The van der Waals surface area contributed by atoms with E-state index >= 15 is 0 Å². The Labute approximate surface area is 80.7 Å². The maximum Gasteiger partial charge on any atom is 0.0354 e. The molecule has 0 rings (SSSR count). The molecule has 72 valence electrons. The van der Waals surface area contributed by atoms with Gasteiger partial charge in [-0.15, -0.1) is 0 Å². The van der Waals surface area contributed by atoms with Gasteiger partial charge in [-0.2, -0.15) is 0 Å². The zero-order chi connectivity index (χ0) is 10.3. The highest BCUT2D eigenvalue weighted by molar-refractivity contribution is 5.24. The molecule has 0 saturated heterocycles. The number of nitrogens with one attached hydrogen (secondary N) is 2. The van der Waals surface area contributed by atoms with Crippen LogP contribution in [0.3, 0.4) is 0 Å². The van der Waals surface area contributed by atoms with Gasteiger partial charge in [0.25, 0.3) is 0 Å². The molecule has 0 aromatic heterocycles. The lowest BCUT2D eigenvalue weighted by Crippen LogP contribution is -2.15. The lowest BCUT2D eigenvalue weighted by Gasteiger charge is -2.09. The Morgan fingerprint density at radius 2 is 1.92 bits per heavy atom. The molecule has 0 unspecified atom stereocenters. The van der Waals surface area contributed by atoms with E-state index in [1.807, 2.05) is 20.0 Å². The highest BCUT2D eigenvalue weighted by atomic mass is 14.9. The maximum atomic E-state index is 3.88. The van der Waals surface area contributed by atoms with Crippen molar-refractivity contribution in [3.63, 3.8) is 0 Å². The third-order valence-electron chi connectivity index (χ3n) is 1.50. The van der Waals surface area contributed by atoms with Crippen molar-refractivity contribution in [1.29, 1.82) is 0 Å². The van der Waals surface area contributed by atoms with Crippen molar-refractivity contribution < 1.29 is 0 Å². The summed E-state index contributed by atoms with van der Waals surface area (Å²) >= 11 is 0. The second-order valence-electron chi connectivity index (χ2n) is 2.99. The van der Waals surface area contributed by atoms with Gasteiger partial charge < -0.3 is 10.6 Å². The van der Waals surface area contributed by atoms with Gasteiger partial charge in [-0.1, -0.05) is 25.3 Å². The van der Waals surface area contributed by atoms with Crippen LogP contribution in [0.15, 0.2) is 49.0 Å². The lowest BCUT2D eigenvalue weighted by molar-refractivity contribution is 0.880. The normalized spacial score (nSPS) is 10.5. The first-order valence-corrected chi connectivity index (χ1v) is 4.19. The van der Waals surface area contributed by atoms with E-state index in [9.17, 15) is 0 Å². The third-order valence-corrected chi connectivity index (χ3v) is 1.50. The molecular formula is C11H18N2. The molecular weight excluding hydrogens is 160 g/mol. The highest BCUT2D eigenvalue weighted by Gasteiger charge is 1.94. The van der Waals surface area contributed by atoms with Crippen LogP contribution >= 0.6 is 0 Å². The molecule has 0 bridgehead atoms. The summed E-state index contributed by atoms with van der Waals surface area (Å²) in [6.07, 6.45) is 3.47. The average Bonchev–Trinajstić information content (AvgIpc) is 2.10. The molecule has 2 heteroatoms. The van der Waals surface area contributed by atoms with Gasteiger partial charge in [0.05, 0.1) is 0 Å². The summed E-state index contributed by atoms with van der Waals surface area (Å²) in [6, 6.07) is 0. The second-order valence-corrected chi connectivity index (χ2v) is 2.99. The van der Waals surface area contributed by atoms with Gasteiger partial charge in [0.2, 0.25) is 0 Å². The van der Waals surface area contributed by atoms with Crippen LogP contribution in [0.1, 0.15) is 13.8 Å². The lowest BCUT2D eigenvalue weighted by atomic mass is 10.2. The van der Waals surface area contributed by atoms with Crippen LogP contribution in [0, 0.1) is 0 Å². The van der Waals surface area contributed by atoms with Gasteiger partial charge in [-0.3, -0.25) is 0 Å². The zero-order valence-corrected chi connectivity index (χ0v) is 8.48. The highest BCUT2D eigenvalue weighted by Crippen LogP contribution is 2.01. The Hall–Kier alpha value is -1.44. The van der Waals surface area contributed by atoms with Crippen LogP contribution in [-0.4, -0.2) is 6.54 Å². The molecule has 0 amide bonds. The third kappa shape index (κ3) is 5.79. The first-order chi connectivity index (χ1) is 6.07. The van der Waals surface area contributed by atoms with E-state index < -0.39 is 0 Å². The zero-order valence-electron chi connectivity index (χ0n) is 8.48. The van der Waals surface area contributed by atoms with E-state index in [-0.39, 0.29) is 0 Å². The van der Waals surface area contributed by atoms with Crippen molar-refractivity contribution in [2.75, 3.05) is 6.54 Å². The first-order valence-electron chi connectivity index (χ1n) is 4.19. The molecule has 2 nitrogen and oxygen atoms in total. The minimum Gasteiger partial charge on any atom is -0.382 e. The summed E-state index contributed by atoms with van der Waals surface area (Å²) in [5.74, 6) is 0. The van der Waals surface area contributed by atoms with E-state index in [4.69, 9.17) is 0 Å². The Bertz CT molecular complexity index is 236. The van der Waals surface area contributed by atoms with Crippen molar-refractivity contribution >= 4 is 0 Å². The van der Waals surface area contributed by atoms with Gasteiger partial charge in [-0.05, 0) is 25.6 Å². The number of rotatable bonds is 6. The van der Waals surface area contributed by atoms with E-state index in [2.05, 4.69) is 30.4 Å². The quantitative estimate of drug-likeness (QED) is 0.482. The van der Waals surface area contributed by atoms with Gasteiger partial charge >= 0.3 is 0 Å². The maximum absolute atomic E-state index is 3.88. The second kappa shape index (κ2) is 6.12. The number of hydrogen-bond donors (Lipinski definition) is 2. The molecule has 13 heavy (non-hydrogen) atoms. The van der Waals surface area contributed by atoms with Crippen molar-refractivity contribution in [2.24, 2.45) is 0 Å². The van der Waals surface area contributed by atoms with E-state index in [0.717, 1.165) is 23.4 Å². The summed E-state index contributed by atoms with van der Waals surface area (Å²) < 4.78 is 0. The van der Waals surface area contributed by atoms with Crippen LogP contribution in [-0.2, 0) is 0 Å². The van der Waals surface area contributed by atoms with E-state index in [1.54, 1.807) is 6.20 Å². The van der Waals surface area contributed by atoms with Crippen LogP contribution < -0.4 is 10.6 Å². The van der Waals surface area contributed by atoms with E-state index in [1.165, 1.54) is 0 Å². The van der Waals surface area contributed by atoms with Crippen LogP contribution in [0.4, 0.5) is 0 Å².